The summed E-state index contributed by atoms with van der Waals surface area (Å²) in [6, 6.07) is 9.58. The lowest BCUT2D eigenvalue weighted by atomic mass is 10.2. The Bertz CT molecular complexity index is 377. The second-order valence-corrected chi connectivity index (χ2v) is 3.59. The average Bonchev–Trinajstić information content (AvgIpc) is 2.95. The van der Waals surface area contributed by atoms with Crippen molar-refractivity contribution in [2.75, 3.05) is 6.61 Å². The lowest BCUT2D eigenvalue weighted by Gasteiger charge is -2.03. The minimum atomic E-state index is -0.682. The fraction of sp³-hybridized carbons (Fsp3) is 0.250. The third-order valence-corrected chi connectivity index (χ3v) is 2.08. The fourth-order valence-corrected chi connectivity index (χ4v) is 1.14. The molecule has 0 bridgehead atoms. The number of carbonyl (C=O) groups is 1. The highest BCUT2D eigenvalue weighted by atomic mass is 16.8. The van der Waals surface area contributed by atoms with Crippen LogP contribution in [0.1, 0.15) is 12.5 Å². The number of hydrogen-bond donors (Lipinski definition) is 0. The van der Waals surface area contributed by atoms with E-state index in [1.807, 2.05) is 30.3 Å². The SMILES string of the molecule is CC1(OC(=O)C=Cc2ccccc2)CO1. The zero-order valence-electron chi connectivity index (χ0n) is 8.47. The highest BCUT2D eigenvalue weighted by Gasteiger charge is 2.43. The summed E-state index contributed by atoms with van der Waals surface area (Å²) >= 11 is 0. The van der Waals surface area contributed by atoms with Crippen LogP contribution in [0.3, 0.4) is 0 Å². The van der Waals surface area contributed by atoms with Gasteiger partial charge in [0.1, 0.15) is 6.61 Å². The molecule has 1 aliphatic heterocycles. The molecular weight excluding hydrogens is 192 g/mol. The van der Waals surface area contributed by atoms with E-state index in [9.17, 15) is 4.79 Å². The third kappa shape index (κ3) is 2.92. The summed E-state index contributed by atoms with van der Waals surface area (Å²) in [7, 11) is 0. The van der Waals surface area contributed by atoms with Gasteiger partial charge in [-0.15, -0.1) is 0 Å². The van der Waals surface area contributed by atoms with E-state index < -0.39 is 5.79 Å². The maximum Gasteiger partial charge on any atom is 0.333 e. The van der Waals surface area contributed by atoms with Crippen molar-refractivity contribution in [2.45, 2.75) is 12.7 Å². The van der Waals surface area contributed by atoms with Gasteiger partial charge in [-0.05, 0) is 11.6 Å². The zero-order chi connectivity index (χ0) is 10.7. The Balaban J connectivity index is 1.91. The molecule has 3 heteroatoms. The van der Waals surface area contributed by atoms with Gasteiger partial charge < -0.3 is 9.47 Å². The average molecular weight is 204 g/mol. The van der Waals surface area contributed by atoms with Crippen molar-refractivity contribution >= 4 is 12.0 Å². The number of carbonyl (C=O) groups excluding carboxylic acids is 1. The van der Waals surface area contributed by atoms with Gasteiger partial charge in [-0.3, -0.25) is 0 Å². The largest absolute Gasteiger partial charge is 0.428 e. The van der Waals surface area contributed by atoms with Crippen molar-refractivity contribution < 1.29 is 14.3 Å². The molecule has 0 N–H and O–H groups in total. The lowest BCUT2D eigenvalue weighted by molar-refractivity contribution is -0.150. The van der Waals surface area contributed by atoms with Gasteiger partial charge in [-0.2, -0.15) is 0 Å². The molecule has 0 saturated carbocycles. The molecule has 0 radical (unpaired) electrons. The normalized spacial score (nSPS) is 24.1. The molecule has 78 valence electrons. The monoisotopic (exact) mass is 204 g/mol. The van der Waals surface area contributed by atoms with Gasteiger partial charge in [0.25, 0.3) is 0 Å². The molecule has 0 amide bonds. The first-order chi connectivity index (χ1) is 7.18. The van der Waals surface area contributed by atoms with E-state index >= 15 is 0 Å². The van der Waals surface area contributed by atoms with Crippen LogP contribution in [0.15, 0.2) is 36.4 Å². The van der Waals surface area contributed by atoms with E-state index in [1.54, 1.807) is 13.0 Å². The van der Waals surface area contributed by atoms with Gasteiger partial charge in [-0.1, -0.05) is 30.3 Å². The second-order valence-electron chi connectivity index (χ2n) is 3.59. The minimum Gasteiger partial charge on any atom is -0.428 e. The van der Waals surface area contributed by atoms with Crippen LogP contribution in [0.25, 0.3) is 6.08 Å². The molecule has 1 fully saturated rings. The van der Waals surface area contributed by atoms with Crippen molar-refractivity contribution in [3.63, 3.8) is 0 Å². The maximum atomic E-state index is 11.3. The Morgan fingerprint density at radius 2 is 2.13 bits per heavy atom. The minimum absolute atomic E-state index is 0.376. The molecule has 0 aliphatic carbocycles. The van der Waals surface area contributed by atoms with Crippen LogP contribution < -0.4 is 0 Å². The number of rotatable bonds is 3. The van der Waals surface area contributed by atoms with E-state index in [0.29, 0.717) is 6.61 Å². The van der Waals surface area contributed by atoms with E-state index in [1.165, 1.54) is 6.08 Å². The number of epoxide rings is 1. The van der Waals surface area contributed by atoms with Gasteiger partial charge in [0.05, 0.1) is 0 Å². The molecule has 1 atom stereocenters. The Hall–Kier alpha value is -1.61. The predicted octanol–water partition coefficient (Wildman–Crippen LogP) is 1.99. The summed E-state index contributed by atoms with van der Waals surface area (Å²) < 4.78 is 9.96. The number of ether oxygens (including phenoxy) is 2. The van der Waals surface area contributed by atoms with Gasteiger partial charge >= 0.3 is 5.97 Å². The summed E-state index contributed by atoms with van der Waals surface area (Å²) in [5, 5.41) is 0. The van der Waals surface area contributed by atoms with E-state index in [4.69, 9.17) is 9.47 Å². The van der Waals surface area contributed by atoms with Crippen molar-refractivity contribution in [1.82, 2.24) is 0 Å². The first kappa shape index (κ1) is 9.93. The van der Waals surface area contributed by atoms with Gasteiger partial charge in [0, 0.05) is 13.0 Å². The molecule has 0 spiro atoms. The van der Waals surface area contributed by atoms with Gasteiger partial charge in [0.2, 0.25) is 5.79 Å². The maximum absolute atomic E-state index is 11.3. The van der Waals surface area contributed by atoms with Crippen LogP contribution in [0.2, 0.25) is 0 Å². The van der Waals surface area contributed by atoms with Crippen LogP contribution in [0.4, 0.5) is 0 Å². The van der Waals surface area contributed by atoms with Crippen molar-refractivity contribution in [3.8, 4) is 0 Å². The Morgan fingerprint density at radius 1 is 1.47 bits per heavy atom. The first-order valence-electron chi connectivity index (χ1n) is 4.78. The number of hydrogen-bond acceptors (Lipinski definition) is 3. The quantitative estimate of drug-likeness (QED) is 0.429. The molecule has 15 heavy (non-hydrogen) atoms. The van der Waals surface area contributed by atoms with Gasteiger partial charge in [0.15, 0.2) is 0 Å². The fourth-order valence-electron chi connectivity index (χ4n) is 1.14. The summed E-state index contributed by atoms with van der Waals surface area (Å²) in [6.45, 7) is 2.22. The summed E-state index contributed by atoms with van der Waals surface area (Å²) in [6.07, 6.45) is 3.12. The molecule has 1 aromatic carbocycles. The number of esters is 1. The predicted molar refractivity (Wildman–Crippen MR) is 55.9 cm³/mol. The van der Waals surface area contributed by atoms with Crippen molar-refractivity contribution in [1.29, 1.82) is 0 Å². The molecule has 1 unspecified atom stereocenters. The zero-order valence-corrected chi connectivity index (χ0v) is 8.47. The molecular formula is C12H12O3. The van der Waals surface area contributed by atoms with Gasteiger partial charge in [-0.25, -0.2) is 4.79 Å². The van der Waals surface area contributed by atoms with Crippen LogP contribution >= 0.6 is 0 Å². The van der Waals surface area contributed by atoms with Crippen LogP contribution in [0.5, 0.6) is 0 Å². The molecule has 3 nitrogen and oxygen atoms in total. The highest BCUT2D eigenvalue weighted by Crippen LogP contribution is 2.27. The molecule has 1 saturated heterocycles. The third-order valence-electron chi connectivity index (χ3n) is 2.08. The molecule has 1 aromatic rings. The lowest BCUT2D eigenvalue weighted by Crippen LogP contribution is -2.15. The molecule has 2 rings (SSSR count). The van der Waals surface area contributed by atoms with Crippen LogP contribution in [-0.2, 0) is 14.3 Å². The smallest absolute Gasteiger partial charge is 0.333 e. The van der Waals surface area contributed by atoms with Crippen molar-refractivity contribution in [3.05, 3.63) is 42.0 Å². The summed E-state index contributed by atoms with van der Waals surface area (Å²) in [5.41, 5.74) is 0.969. The van der Waals surface area contributed by atoms with Crippen molar-refractivity contribution in [2.24, 2.45) is 0 Å². The highest BCUT2D eigenvalue weighted by molar-refractivity contribution is 5.87. The van der Waals surface area contributed by atoms with E-state index in [2.05, 4.69) is 0 Å². The summed E-state index contributed by atoms with van der Waals surface area (Å²) in [4.78, 5) is 11.3. The molecule has 1 heterocycles. The van der Waals surface area contributed by atoms with E-state index in [-0.39, 0.29) is 5.97 Å². The first-order valence-corrected chi connectivity index (χ1v) is 4.78. The van der Waals surface area contributed by atoms with Crippen LogP contribution in [-0.4, -0.2) is 18.4 Å². The Kier molecular flexibility index (Phi) is 2.56. The standard InChI is InChI=1S/C12H12O3/c1-12(9-14-12)15-11(13)8-7-10-5-3-2-4-6-10/h2-8H,9H2,1H3. The topological polar surface area (TPSA) is 38.8 Å². The second kappa shape index (κ2) is 3.87. The molecule has 0 aromatic heterocycles. The summed E-state index contributed by atoms with van der Waals surface area (Å²) in [5.74, 6) is -1.06. The Labute approximate surface area is 88.3 Å². The van der Waals surface area contributed by atoms with E-state index in [0.717, 1.165) is 5.56 Å². The number of benzene rings is 1. The molecule has 1 aliphatic rings. The van der Waals surface area contributed by atoms with Crippen LogP contribution in [0, 0.1) is 0 Å². The Morgan fingerprint density at radius 3 is 2.73 bits per heavy atom.